The second-order valence-corrected chi connectivity index (χ2v) is 5.34. The maximum Gasteiger partial charge on any atom is 0.262 e. The van der Waals surface area contributed by atoms with Crippen molar-refractivity contribution in [3.8, 4) is 5.75 Å². The maximum absolute atomic E-state index is 12.9. The minimum Gasteiger partial charge on any atom is -0.483 e. The van der Waals surface area contributed by atoms with E-state index in [4.69, 9.17) is 10.5 Å². The van der Waals surface area contributed by atoms with E-state index >= 15 is 0 Å². The van der Waals surface area contributed by atoms with Crippen LogP contribution < -0.4 is 15.8 Å². The number of ether oxygens (including phenoxy) is 1. The average Bonchev–Trinajstić information content (AvgIpc) is 2.42. The van der Waals surface area contributed by atoms with Gasteiger partial charge in [-0.1, -0.05) is 6.07 Å². The zero-order valence-electron chi connectivity index (χ0n) is 11.3. The molecule has 0 aromatic heterocycles. The molecular weight excluding hydrogens is 339 g/mol. The number of hydrogen-bond donors (Lipinski definition) is 2. The SMILES string of the molecule is Cc1ccc(NC(=O)COc2ccc(F)cc2Br)cc1N. The smallest absolute Gasteiger partial charge is 0.262 e. The number of nitrogens with two attached hydrogens (primary N) is 1. The molecule has 0 unspecified atom stereocenters. The Morgan fingerprint density at radius 3 is 2.76 bits per heavy atom. The van der Waals surface area contributed by atoms with Crippen LogP contribution in [0.3, 0.4) is 0 Å². The molecule has 2 aromatic rings. The number of nitrogens with one attached hydrogen (secondary N) is 1. The molecule has 0 aliphatic heterocycles. The van der Waals surface area contributed by atoms with Crippen LogP contribution in [-0.2, 0) is 4.79 Å². The third-order valence-corrected chi connectivity index (χ3v) is 3.44. The fraction of sp³-hybridized carbons (Fsp3) is 0.133. The molecule has 0 spiro atoms. The molecule has 0 saturated carbocycles. The third kappa shape index (κ3) is 4.19. The molecule has 110 valence electrons. The molecule has 3 N–H and O–H groups in total. The largest absolute Gasteiger partial charge is 0.483 e. The minimum atomic E-state index is -0.381. The molecule has 0 radical (unpaired) electrons. The van der Waals surface area contributed by atoms with Crippen molar-refractivity contribution in [3.05, 3.63) is 52.3 Å². The molecule has 6 heteroatoms. The van der Waals surface area contributed by atoms with Gasteiger partial charge < -0.3 is 15.8 Å². The molecule has 0 heterocycles. The molecule has 0 fully saturated rings. The Balaban J connectivity index is 1.94. The Labute approximate surface area is 130 Å². The van der Waals surface area contributed by atoms with Crippen LogP contribution in [0.2, 0.25) is 0 Å². The van der Waals surface area contributed by atoms with Gasteiger partial charge in [0.1, 0.15) is 11.6 Å². The second kappa shape index (κ2) is 6.58. The quantitative estimate of drug-likeness (QED) is 0.827. The van der Waals surface area contributed by atoms with Gasteiger partial charge in [-0.2, -0.15) is 0 Å². The molecule has 0 saturated heterocycles. The van der Waals surface area contributed by atoms with Crippen LogP contribution in [0.5, 0.6) is 5.75 Å². The van der Waals surface area contributed by atoms with Crippen molar-refractivity contribution >= 4 is 33.2 Å². The predicted molar refractivity (Wildman–Crippen MR) is 83.8 cm³/mol. The maximum atomic E-state index is 12.9. The van der Waals surface area contributed by atoms with Crippen LogP contribution in [0, 0.1) is 12.7 Å². The zero-order valence-corrected chi connectivity index (χ0v) is 12.9. The number of aryl methyl sites for hydroxylation is 1. The van der Waals surface area contributed by atoms with E-state index in [0.29, 0.717) is 21.6 Å². The standard InChI is InChI=1S/C15H14BrFN2O2/c1-9-2-4-11(7-13(9)18)19-15(20)8-21-14-5-3-10(17)6-12(14)16/h2-7H,8,18H2,1H3,(H,19,20). The fourth-order valence-corrected chi connectivity index (χ4v) is 2.12. The van der Waals surface area contributed by atoms with Crippen LogP contribution in [0.4, 0.5) is 15.8 Å². The number of nitrogen functional groups attached to an aromatic ring is 1. The Hall–Kier alpha value is -2.08. The second-order valence-electron chi connectivity index (χ2n) is 4.48. The summed E-state index contributed by atoms with van der Waals surface area (Å²) in [6.45, 7) is 1.70. The molecule has 2 rings (SSSR count). The summed E-state index contributed by atoms with van der Waals surface area (Å²) in [5.74, 6) is -0.307. The lowest BCUT2D eigenvalue weighted by Gasteiger charge is -2.10. The third-order valence-electron chi connectivity index (χ3n) is 2.82. The first-order chi connectivity index (χ1) is 9.95. The van der Waals surface area contributed by atoms with Gasteiger partial charge in [-0.05, 0) is 58.7 Å². The number of benzene rings is 2. The predicted octanol–water partition coefficient (Wildman–Crippen LogP) is 3.50. The highest BCUT2D eigenvalue weighted by Gasteiger charge is 2.07. The molecule has 0 aliphatic carbocycles. The first-order valence-electron chi connectivity index (χ1n) is 6.19. The van der Waals surface area contributed by atoms with Crippen molar-refractivity contribution in [2.24, 2.45) is 0 Å². The summed E-state index contributed by atoms with van der Waals surface area (Å²) >= 11 is 3.17. The number of anilines is 2. The summed E-state index contributed by atoms with van der Waals surface area (Å²) in [4.78, 5) is 11.8. The summed E-state index contributed by atoms with van der Waals surface area (Å²) in [6, 6.07) is 9.25. The van der Waals surface area contributed by atoms with Crippen molar-refractivity contribution < 1.29 is 13.9 Å². The normalized spacial score (nSPS) is 10.2. The van der Waals surface area contributed by atoms with Gasteiger partial charge in [0, 0.05) is 11.4 Å². The topological polar surface area (TPSA) is 64.3 Å². The van der Waals surface area contributed by atoms with Gasteiger partial charge in [0.25, 0.3) is 5.91 Å². The number of hydrogen-bond acceptors (Lipinski definition) is 3. The number of carbonyl (C=O) groups excluding carboxylic acids is 1. The van der Waals surface area contributed by atoms with E-state index in [1.807, 2.05) is 13.0 Å². The van der Waals surface area contributed by atoms with Crippen LogP contribution >= 0.6 is 15.9 Å². The summed E-state index contributed by atoms with van der Waals surface area (Å²) < 4.78 is 18.7. The molecule has 4 nitrogen and oxygen atoms in total. The lowest BCUT2D eigenvalue weighted by Crippen LogP contribution is -2.20. The van der Waals surface area contributed by atoms with Crippen molar-refractivity contribution in [1.82, 2.24) is 0 Å². The molecule has 1 amide bonds. The van der Waals surface area contributed by atoms with Gasteiger partial charge in [0.15, 0.2) is 6.61 Å². The van der Waals surface area contributed by atoms with Crippen molar-refractivity contribution in [2.45, 2.75) is 6.92 Å². The zero-order chi connectivity index (χ0) is 15.4. The number of amides is 1. The summed E-state index contributed by atoms with van der Waals surface area (Å²) in [6.07, 6.45) is 0. The molecule has 0 aliphatic rings. The molecular formula is C15H14BrFN2O2. The minimum absolute atomic E-state index is 0.183. The summed E-state index contributed by atoms with van der Waals surface area (Å²) in [7, 11) is 0. The highest BCUT2D eigenvalue weighted by Crippen LogP contribution is 2.25. The highest BCUT2D eigenvalue weighted by molar-refractivity contribution is 9.10. The van der Waals surface area contributed by atoms with Gasteiger partial charge in [-0.25, -0.2) is 4.39 Å². The first-order valence-corrected chi connectivity index (χ1v) is 6.99. The van der Waals surface area contributed by atoms with Crippen LogP contribution in [0.25, 0.3) is 0 Å². The van der Waals surface area contributed by atoms with Gasteiger partial charge in [0.05, 0.1) is 4.47 Å². The summed E-state index contributed by atoms with van der Waals surface area (Å²) in [5.41, 5.74) is 7.92. The van der Waals surface area contributed by atoms with E-state index in [0.717, 1.165) is 5.56 Å². The monoisotopic (exact) mass is 352 g/mol. The highest BCUT2D eigenvalue weighted by atomic mass is 79.9. The van der Waals surface area contributed by atoms with Crippen LogP contribution in [0.1, 0.15) is 5.56 Å². The lowest BCUT2D eigenvalue weighted by molar-refractivity contribution is -0.118. The van der Waals surface area contributed by atoms with Crippen molar-refractivity contribution in [2.75, 3.05) is 17.7 Å². The molecule has 0 bridgehead atoms. The number of carbonyl (C=O) groups is 1. The lowest BCUT2D eigenvalue weighted by atomic mass is 10.2. The van der Waals surface area contributed by atoms with Crippen LogP contribution in [0.15, 0.2) is 40.9 Å². The van der Waals surface area contributed by atoms with Crippen LogP contribution in [-0.4, -0.2) is 12.5 Å². The van der Waals surface area contributed by atoms with Gasteiger partial charge in [-0.15, -0.1) is 0 Å². The van der Waals surface area contributed by atoms with E-state index in [9.17, 15) is 9.18 Å². The van der Waals surface area contributed by atoms with E-state index in [1.54, 1.807) is 12.1 Å². The van der Waals surface area contributed by atoms with E-state index in [1.165, 1.54) is 18.2 Å². The van der Waals surface area contributed by atoms with Gasteiger partial charge >= 0.3 is 0 Å². The number of halogens is 2. The Bertz CT molecular complexity index is 677. The molecule has 2 aromatic carbocycles. The first kappa shape index (κ1) is 15.3. The van der Waals surface area contributed by atoms with E-state index in [2.05, 4.69) is 21.2 Å². The summed E-state index contributed by atoms with van der Waals surface area (Å²) in [5, 5.41) is 2.68. The average molecular weight is 353 g/mol. The Morgan fingerprint density at radius 2 is 2.10 bits per heavy atom. The fourth-order valence-electron chi connectivity index (χ4n) is 1.65. The molecule has 0 atom stereocenters. The Morgan fingerprint density at radius 1 is 1.33 bits per heavy atom. The van der Waals surface area contributed by atoms with E-state index in [-0.39, 0.29) is 18.3 Å². The molecule has 21 heavy (non-hydrogen) atoms. The number of rotatable bonds is 4. The van der Waals surface area contributed by atoms with Crippen molar-refractivity contribution in [3.63, 3.8) is 0 Å². The van der Waals surface area contributed by atoms with Gasteiger partial charge in [-0.3, -0.25) is 4.79 Å². The van der Waals surface area contributed by atoms with E-state index < -0.39 is 0 Å². The van der Waals surface area contributed by atoms with Gasteiger partial charge in [0.2, 0.25) is 0 Å². The van der Waals surface area contributed by atoms with Crippen molar-refractivity contribution in [1.29, 1.82) is 0 Å². The Kier molecular flexibility index (Phi) is 4.80.